The van der Waals surface area contributed by atoms with E-state index in [1.807, 2.05) is 6.92 Å². The van der Waals surface area contributed by atoms with Gasteiger partial charge in [-0.3, -0.25) is 19.4 Å². The van der Waals surface area contributed by atoms with E-state index in [9.17, 15) is 24.3 Å². The predicted molar refractivity (Wildman–Crippen MR) is 108 cm³/mol. The highest BCUT2D eigenvalue weighted by molar-refractivity contribution is 5.93. The molecule has 0 heterocycles. The van der Waals surface area contributed by atoms with Crippen molar-refractivity contribution in [1.82, 2.24) is 16.0 Å². The van der Waals surface area contributed by atoms with Crippen LogP contribution >= 0.6 is 0 Å². The van der Waals surface area contributed by atoms with Gasteiger partial charge in [0.2, 0.25) is 17.7 Å². The second kappa shape index (κ2) is 13.3. The van der Waals surface area contributed by atoms with Crippen molar-refractivity contribution in [2.24, 2.45) is 28.1 Å². The number of rotatable bonds is 13. The van der Waals surface area contributed by atoms with Crippen LogP contribution in [0.2, 0.25) is 0 Å². The third kappa shape index (κ3) is 10.3. The molecule has 0 saturated heterocycles. The number of nitrogens with one attached hydrogen (secondary N) is 3. The molecule has 0 bridgehead atoms. The Hall–Kier alpha value is -2.89. The van der Waals surface area contributed by atoms with Crippen molar-refractivity contribution in [3.63, 3.8) is 0 Å². The Morgan fingerprint density at radius 3 is 2.14 bits per heavy atom. The molecule has 3 amide bonds. The number of carboxylic acids is 1. The van der Waals surface area contributed by atoms with Crippen LogP contribution in [0.4, 0.5) is 0 Å². The number of aliphatic carboxylic acids is 1. The molecule has 0 spiro atoms. The molecule has 4 unspecified atom stereocenters. The highest BCUT2D eigenvalue weighted by Crippen LogP contribution is 2.08. The summed E-state index contributed by atoms with van der Waals surface area (Å²) in [6.07, 6.45) is 1.07. The van der Waals surface area contributed by atoms with Crippen molar-refractivity contribution in [3.8, 4) is 0 Å². The average molecular weight is 415 g/mol. The minimum Gasteiger partial charge on any atom is -0.480 e. The van der Waals surface area contributed by atoms with E-state index in [0.29, 0.717) is 12.8 Å². The van der Waals surface area contributed by atoms with Gasteiger partial charge >= 0.3 is 5.97 Å². The summed E-state index contributed by atoms with van der Waals surface area (Å²) in [6, 6.07) is -3.03. The maximum absolute atomic E-state index is 12.5. The lowest BCUT2D eigenvalue weighted by Crippen LogP contribution is -2.56. The van der Waals surface area contributed by atoms with Crippen LogP contribution in [0.3, 0.4) is 0 Å². The topological polar surface area (TPSA) is 215 Å². The van der Waals surface area contributed by atoms with Crippen LogP contribution in [0.25, 0.3) is 0 Å². The Kier molecular flexibility index (Phi) is 12.0. The summed E-state index contributed by atoms with van der Waals surface area (Å²) >= 11 is 0. The Morgan fingerprint density at radius 2 is 1.66 bits per heavy atom. The smallest absolute Gasteiger partial charge is 0.326 e. The Balaban J connectivity index is 4.88. The van der Waals surface area contributed by atoms with Crippen molar-refractivity contribution in [3.05, 3.63) is 0 Å². The number of nitrogens with zero attached hydrogens (tertiary/aromatic N) is 1. The van der Waals surface area contributed by atoms with E-state index in [1.165, 1.54) is 6.92 Å². The standard InChI is InChI=1S/C17H33N7O5/c1-4-9(2)13(24-12(25)8-18)15(27)22-10(3)14(26)23-11(16(28)29)6-5-7-21-17(19)20/h9-11,13H,4-8,18H2,1-3H3,(H,22,27)(H,23,26)(H,24,25)(H,28,29)(H4,19,20,21). The monoisotopic (exact) mass is 415 g/mol. The molecular weight excluding hydrogens is 382 g/mol. The molecule has 0 aliphatic carbocycles. The number of nitrogens with two attached hydrogens (primary N) is 3. The van der Waals surface area contributed by atoms with E-state index in [2.05, 4.69) is 20.9 Å². The summed E-state index contributed by atoms with van der Waals surface area (Å²) in [5.74, 6) is -3.22. The van der Waals surface area contributed by atoms with Gasteiger partial charge in [-0.2, -0.15) is 0 Å². The molecule has 0 aliphatic rings. The third-order valence-electron chi connectivity index (χ3n) is 4.31. The molecule has 29 heavy (non-hydrogen) atoms. The van der Waals surface area contributed by atoms with Gasteiger partial charge in [0.15, 0.2) is 5.96 Å². The lowest BCUT2D eigenvalue weighted by molar-refractivity contribution is -0.142. The molecule has 12 heteroatoms. The molecule has 0 radical (unpaired) electrons. The maximum atomic E-state index is 12.5. The second-order valence-corrected chi connectivity index (χ2v) is 6.71. The molecular formula is C17H33N7O5. The van der Waals surface area contributed by atoms with Crippen molar-refractivity contribution >= 4 is 29.7 Å². The van der Waals surface area contributed by atoms with Crippen LogP contribution in [0.15, 0.2) is 4.99 Å². The first kappa shape index (κ1) is 26.1. The fourth-order valence-electron chi connectivity index (χ4n) is 2.36. The quantitative estimate of drug-likeness (QED) is 0.0975. The fraction of sp³-hybridized carbons (Fsp3) is 0.706. The van der Waals surface area contributed by atoms with Crippen LogP contribution in [0, 0.1) is 5.92 Å². The van der Waals surface area contributed by atoms with Crippen molar-refractivity contribution < 1.29 is 24.3 Å². The number of carboxylic acid groups (broad SMARTS) is 1. The minimum atomic E-state index is -1.21. The number of amides is 3. The summed E-state index contributed by atoms with van der Waals surface area (Å²) < 4.78 is 0. The van der Waals surface area contributed by atoms with Gasteiger partial charge in [-0.15, -0.1) is 0 Å². The van der Waals surface area contributed by atoms with E-state index in [1.54, 1.807) is 6.92 Å². The van der Waals surface area contributed by atoms with Gasteiger partial charge in [-0.1, -0.05) is 20.3 Å². The minimum absolute atomic E-state index is 0.102. The molecule has 0 rings (SSSR count). The Labute approximate surface area is 170 Å². The van der Waals surface area contributed by atoms with Crippen LogP contribution in [-0.2, 0) is 19.2 Å². The number of carbonyl (C=O) groups excluding carboxylic acids is 3. The van der Waals surface area contributed by atoms with Gasteiger partial charge in [0.25, 0.3) is 0 Å². The number of hydrogen-bond donors (Lipinski definition) is 7. The average Bonchev–Trinajstić information content (AvgIpc) is 2.66. The number of guanidine groups is 1. The van der Waals surface area contributed by atoms with E-state index < -0.39 is 41.8 Å². The summed E-state index contributed by atoms with van der Waals surface area (Å²) in [5.41, 5.74) is 15.7. The van der Waals surface area contributed by atoms with Crippen LogP contribution in [0.5, 0.6) is 0 Å². The lowest BCUT2D eigenvalue weighted by Gasteiger charge is -2.25. The SMILES string of the molecule is CCC(C)C(NC(=O)CN)C(=O)NC(C)C(=O)NC(CCCN=C(N)N)C(=O)O. The largest absolute Gasteiger partial charge is 0.480 e. The number of aliphatic imine (C=N–C) groups is 1. The number of carbonyl (C=O) groups is 4. The van der Waals surface area contributed by atoms with Gasteiger partial charge < -0.3 is 38.3 Å². The van der Waals surface area contributed by atoms with Crippen molar-refractivity contribution in [2.45, 2.75) is 58.2 Å². The molecule has 10 N–H and O–H groups in total. The zero-order valence-electron chi connectivity index (χ0n) is 17.1. The molecule has 0 saturated carbocycles. The van der Waals surface area contributed by atoms with Crippen molar-refractivity contribution in [2.75, 3.05) is 13.1 Å². The molecule has 0 aromatic carbocycles. The Morgan fingerprint density at radius 1 is 1.03 bits per heavy atom. The molecule has 4 atom stereocenters. The van der Waals surface area contributed by atoms with Gasteiger partial charge in [-0.25, -0.2) is 4.79 Å². The fourth-order valence-corrected chi connectivity index (χ4v) is 2.36. The molecule has 0 aliphatic heterocycles. The first-order valence-corrected chi connectivity index (χ1v) is 9.41. The second-order valence-electron chi connectivity index (χ2n) is 6.71. The van der Waals surface area contributed by atoms with Gasteiger partial charge in [0.05, 0.1) is 6.54 Å². The predicted octanol–water partition coefficient (Wildman–Crippen LogP) is -2.40. The van der Waals surface area contributed by atoms with E-state index >= 15 is 0 Å². The van der Waals surface area contributed by atoms with Crippen LogP contribution in [-0.4, -0.2) is 66.0 Å². The normalized spacial score (nSPS) is 14.6. The number of hydrogen-bond acceptors (Lipinski definition) is 6. The molecule has 12 nitrogen and oxygen atoms in total. The van der Waals surface area contributed by atoms with Crippen LogP contribution < -0.4 is 33.2 Å². The van der Waals surface area contributed by atoms with Crippen LogP contribution in [0.1, 0.15) is 40.0 Å². The molecule has 0 fully saturated rings. The highest BCUT2D eigenvalue weighted by Gasteiger charge is 2.29. The van der Waals surface area contributed by atoms with Gasteiger partial charge in [-0.05, 0) is 25.7 Å². The lowest BCUT2D eigenvalue weighted by atomic mass is 9.98. The molecule has 0 aromatic rings. The summed E-state index contributed by atoms with van der Waals surface area (Å²) in [7, 11) is 0. The first-order valence-electron chi connectivity index (χ1n) is 9.41. The summed E-state index contributed by atoms with van der Waals surface area (Å²) in [4.78, 5) is 51.5. The third-order valence-corrected chi connectivity index (χ3v) is 4.31. The van der Waals surface area contributed by atoms with E-state index in [0.717, 1.165) is 0 Å². The highest BCUT2D eigenvalue weighted by atomic mass is 16.4. The zero-order valence-corrected chi connectivity index (χ0v) is 17.1. The molecule has 0 aromatic heterocycles. The van der Waals surface area contributed by atoms with E-state index in [4.69, 9.17) is 17.2 Å². The first-order chi connectivity index (χ1) is 13.5. The van der Waals surface area contributed by atoms with Gasteiger partial charge in [0, 0.05) is 6.54 Å². The maximum Gasteiger partial charge on any atom is 0.326 e. The van der Waals surface area contributed by atoms with Gasteiger partial charge in [0.1, 0.15) is 18.1 Å². The zero-order chi connectivity index (χ0) is 22.6. The molecule has 166 valence electrons. The summed E-state index contributed by atoms with van der Waals surface area (Å²) in [6.45, 7) is 5.02. The van der Waals surface area contributed by atoms with Crippen molar-refractivity contribution in [1.29, 1.82) is 0 Å². The Bertz CT molecular complexity index is 607. The van der Waals surface area contributed by atoms with E-state index in [-0.39, 0.29) is 31.4 Å². The summed E-state index contributed by atoms with van der Waals surface area (Å²) in [5, 5.41) is 16.7.